The highest BCUT2D eigenvalue weighted by molar-refractivity contribution is 5.88. The van der Waals surface area contributed by atoms with Gasteiger partial charge in [-0.3, -0.25) is 9.59 Å². The molecule has 0 N–H and O–H groups in total. The van der Waals surface area contributed by atoms with Crippen LogP contribution in [0.1, 0.15) is 62.5 Å². The molecule has 0 spiro atoms. The Morgan fingerprint density at radius 3 is 2.83 bits per heavy atom. The Bertz CT molecular complexity index is 866. The highest BCUT2D eigenvalue weighted by Gasteiger charge is 2.58. The molecule has 30 heavy (non-hydrogen) atoms. The van der Waals surface area contributed by atoms with Crippen LogP contribution in [0.25, 0.3) is 0 Å². The number of hydrogen-bond donors (Lipinski definition) is 0. The number of halogens is 1. The molecule has 1 saturated heterocycles. The number of ether oxygens (including phenoxy) is 1. The van der Waals surface area contributed by atoms with E-state index in [9.17, 15) is 14.0 Å². The SMILES string of the molecule is CN(C(=O)CC[C@@H]1CC(=O)[C@@]2(C)CCC3c4ccc(F)cc4CCC3C12)C1COC1. The molecule has 3 fully saturated rings. The van der Waals surface area contributed by atoms with Crippen LogP contribution in [0.2, 0.25) is 0 Å². The summed E-state index contributed by atoms with van der Waals surface area (Å²) in [4.78, 5) is 27.6. The first kappa shape index (κ1) is 20.2. The zero-order chi connectivity index (χ0) is 21.0. The Hall–Kier alpha value is -1.75. The first-order valence-corrected chi connectivity index (χ1v) is 11.5. The molecule has 3 unspecified atom stereocenters. The molecular weight excluding hydrogens is 381 g/mol. The van der Waals surface area contributed by atoms with Crippen molar-refractivity contribution in [3.63, 3.8) is 0 Å². The van der Waals surface area contributed by atoms with Crippen LogP contribution in [0, 0.1) is 29.0 Å². The van der Waals surface area contributed by atoms with Gasteiger partial charge in [0.1, 0.15) is 11.6 Å². The van der Waals surface area contributed by atoms with Gasteiger partial charge in [0.05, 0.1) is 19.3 Å². The second-order valence-electron chi connectivity index (χ2n) is 10.3. The van der Waals surface area contributed by atoms with E-state index >= 15 is 0 Å². The molecule has 4 nitrogen and oxygen atoms in total. The number of nitrogens with zero attached hydrogens (tertiary/aromatic N) is 1. The van der Waals surface area contributed by atoms with Crippen LogP contribution in [0.15, 0.2) is 18.2 Å². The van der Waals surface area contributed by atoms with Crippen LogP contribution >= 0.6 is 0 Å². The lowest BCUT2D eigenvalue weighted by atomic mass is 9.54. The molecule has 1 aromatic carbocycles. The molecule has 4 aliphatic rings. The zero-order valence-corrected chi connectivity index (χ0v) is 18.0. The second-order valence-corrected chi connectivity index (χ2v) is 10.3. The van der Waals surface area contributed by atoms with Crippen molar-refractivity contribution in [2.24, 2.45) is 23.2 Å². The van der Waals surface area contributed by atoms with Gasteiger partial charge in [-0.05, 0) is 79.0 Å². The number of carbonyl (C=O) groups excluding carboxylic acids is 2. The maximum absolute atomic E-state index is 13.7. The summed E-state index contributed by atoms with van der Waals surface area (Å²) in [6.45, 7) is 3.44. The van der Waals surface area contributed by atoms with Gasteiger partial charge in [0.15, 0.2) is 0 Å². The number of hydrogen-bond acceptors (Lipinski definition) is 3. The standard InChI is InChI=1S/C25H32FNO3/c1-25-10-9-20-19-7-5-17(26)11-15(19)3-6-21(20)24(25)16(12-22(25)28)4-8-23(29)27(2)18-13-30-14-18/h5,7,11,16,18,20-21,24H,3-4,6,8-10,12-14H2,1-2H3/t16-,20?,21?,24?,25-/m1/s1. The van der Waals surface area contributed by atoms with E-state index in [0.29, 0.717) is 49.6 Å². The fraction of sp³-hybridized carbons (Fsp3) is 0.680. The highest BCUT2D eigenvalue weighted by atomic mass is 19.1. The fourth-order valence-electron chi connectivity index (χ4n) is 7.01. The second kappa shape index (κ2) is 7.44. The van der Waals surface area contributed by atoms with E-state index in [1.165, 1.54) is 5.56 Å². The van der Waals surface area contributed by atoms with E-state index in [1.807, 2.05) is 18.0 Å². The Kier molecular flexibility index (Phi) is 5.00. The van der Waals surface area contributed by atoms with Crippen molar-refractivity contribution in [2.75, 3.05) is 20.3 Å². The van der Waals surface area contributed by atoms with Crippen molar-refractivity contribution in [1.82, 2.24) is 4.90 Å². The summed E-state index contributed by atoms with van der Waals surface area (Å²) in [6.07, 6.45) is 5.77. The Balaban J connectivity index is 1.35. The predicted molar refractivity (Wildman–Crippen MR) is 112 cm³/mol. The monoisotopic (exact) mass is 413 g/mol. The molecule has 5 rings (SSSR count). The summed E-state index contributed by atoms with van der Waals surface area (Å²) in [7, 11) is 1.87. The summed E-state index contributed by atoms with van der Waals surface area (Å²) < 4.78 is 19.0. The number of rotatable bonds is 4. The van der Waals surface area contributed by atoms with Gasteiger partial charge in [-0.25, -0.2) is 4.39 Å². The maximum Gasteiger partial charge on any atom is 0.222 e. The van der Waals surface area contributed by atoms with Gasteiger partial charge < -0.3 is 9.64 Å². The number of fused-ring (bicyclic) bond motifs is 5. The molecule has 1 heterocycles. The zero-order valence-electron chi connectivity index (χ0n) is 18.0. The topological polar surface area (TPSA) is 46.6 Å². The van der Waals surface area contributed by atoms with Gasteiger partial charge >= 0.3 is 0 Å². The molecule has 3 aliphatic carbocycles. The number of ketones is 1. The first-order valence-electron chi connectivity index (χ1n) is 11.5. The number of likely N-dealkylation sites (N-methyl/N-ethyl adjacent to an activating group) is 1. The molecule has 0 bridgehead atoms. The molecule has 5 heteroatoms. The molecule has 0 aromatic heterocycles. The van der Waals surface area contributed by atoms with Gasteiger partial charge in [-0.2, -0.15) is 0 Å². The van der Waals surface area contributed by atoms with Gasteiger partial charge in [-0.15, -0.1) is 0 Å². The number of Topliss-reactive ketones (excluding diaryl/α,β-unsaturated/α-hetero) is 1. The van der Waals surface area contributed by atoms with E-state index < -0.39 is 0 Å². The maximum atomic E-state index is 13.7. The van der Waals surface area contributed by atoms with Gasteiger partial charge in [-0.1, -0.05) is 13.0 Å². The van der Waals surface area contributed by atoms with Gasteiger partial charge in [0, 0.05) is 25.3 Å². The Morgan fingerprint density at radius 1 is 1.30 bits per heavy atom. The highest BCUT2D eigenvalue weighted by Crippen LogP contribution is 2.62. The predicted octanol–water partition coefficient (Wildman–Crippen LogP) is 4.11. The summed E-state index contributed by atoms with van der Waals surface area (Å²) in [5, 5.41) is 0. The van der Waals surface area contributed by atoms with E-state index in [4.69, 9.17) is 4.74 Å². The van der Waals surface area contributed by atoms with Crippen molar-refractivity contribution in [3.8, 4) is 0 Å². The average Bonchev–Trinajstić information content (AvgIpc) is 2.94. The van der Waals surface area contributed by atoms with E-state index in [1.54, 1.807) is 12.1 Å². The van der Waals surface area contributed by atoms with Crippen molar-refractivity contribution < 1.29 is 18.7 Å². The third-order valence-corrected chi connectivity index (χ3v) is 8.82. The molecule has 162 valence electrons. The van der Waals surface area contributed by atoms with Crippen molar-refractivity contribution in [2.45, 2.75) is 63.8 Å². The minimum atomic E-state index is -0.250. The molecular formula is C25H32FNO3. The summed E-state index contributed by atoms with van der Waals surface area (Å²) in [5.74, 6) is 1.92. The summed E-state index contributed by atoms with van der Waals surface area (Å²) in [5.41, 5.74) is 2.20. The van der Waals surface area contributed by atoms with Crippen molar-refractivity contribution in [1.29, 1.82) is 0 Å². The Labute approximate surface area is 178 Å². The van der Waals surface area contributed by atoms with Gasteiger partial charge in [0.25, 0.3) is 0 Å². The van der Waals surface area contributed by atoms with Crippen LogP contribution in [-0.2, 0) is 20.7 Å². The van der Waals surface area contributed by atoms with Crippen LogP contribution < -0.4 is 0 Å². The van der Waals surface area contributed by atoms with Crippen LogP contribution in [0.4, 0.5) is 4.39 Å². The fourth-order valence-corrected chi connectivity index (χ4v) is 7.01. The quantitative estimate of drug-likeness (QED) is 0.746. The van der Waals surface area contributed by atoms with Crippen LogP contribution in [0.3, 0.4) is 0 Å². The van der Waals surface area contributed by atoms with Crippen LogP contribution in [0.5, 0.6) is 0 Å². The number of benzene rings is 1. The summed E-state index contributed by atoms with van der Waals surface area (Å²) >= 11 is 0. The van der Waals surface area contributed by atoms with Crippen LogP contribution in [-0.4, -0.2) is 42.9 Å². The minimum Gasteiger partial charge on any atom is -0.377 e. The lowest BCUT2D eigenvalue weighted by molar-refractivity contribution is -0.142. The molecule has 1 aromatic rings. The Morgan fingerprint density at radius 2 is 2.10 bits per heavy atom. The van der Waals surface area contributed by atoms with Gasteiger partial charge in [0.2, 0.25) is 5.91 Å². The van der Waals surface area contributed by atoms with E-state index in [-0.39, 0.29) is 29.1 Å². The van der Waals surface area contributed by atoms with E-state index in [2.05, 4.69) is 6.92 Å². The molecule has 2 saturated carbocycles. The number of aryl methyl sites for hydroxylation is 1. The van der Waals surface area contributed by atoms with E-state index in [0.717, 1.165) is 37.7 Å². The molecule has 5 atom stereocenters. The first-order chi connectivity index (χ1) is 14.4. The smallest absolute Gasteiger partial charge is 0.222 e. The third kappa shape index (κ3) is 3.12. The number of amides is 1. The largest absolute Gasteiger partial charge is 0.377 e. The normalized spacial score (nSPS) is 35.2. The van der Waals surface area contributed by atoms with Crippen molar-refractivity contribution >= 4 is 11.7 Å². The van der Waals surface area contributed by atoms with Crippen molar-refractivity contribution in [3.05, 3.63) is 35.1 Å². The minimum absolute atomic E-state index is 0.152. The third-order valence-electron chi connectivity index (χ3n) is 8.82. The lowest BCUT2D eigenvalue weighted by Crippen LogP contribution is -2.49. The summed E-state index contributed by atoms with van der Waals surface area (Å²) in [6, 6.07) is 5.48. The molecule has 1 aliphatic heterocycles. The average molecular weight is 414 g/mol. The number of carbonyl (C=O) groups is 2. The molecule has 0 radical (unpaired) electrons. The lowest BCUT2D eigenvalue weighted by Gasteiger charge is -2.50. The molecule has 1 amide bonds.